The van der Waals surface area contributed by atoms with E-state index in [9.17, 15) is 14.4 Å². The Morgan fingerprint density at radius 1 is 1.11 bits per heavy atom. The van der Waals surface area contributed by atoms with Gasteiger partial charge in [-0.15, -0.1) is 0 Å². The van der Waals surface area contributed by atoms with Crippen LogP contribution in [0.5, 0.6) is 0 Å². The van der Waals surface area contributed by atoms with Crippen LogP contribution in [0.3, 0.4) is 0 Å². The molecule has 0 bridgehead atoms. The van der Waals surface area contributed by atoms with Crippen molar-refractivity contribution in [3.05, 3.63) is 35.9 Å². The fraction of sp³-hybridized carbons (Fsp3) is 0.250. The molecular weight excluding hydrogens is 248 g/mol. The minimum Gasteiger partial charge on any atom is -0.370 e. The molecule has 0 heterocycles. The third-order valence-corrected chi connectivity index (χ3v) is 2.51. The van der Waals surface area contributed by atoms with Gasteiger partial charge in [0.15, 0.2) is 0 Å². The van der Waals surface area contributed by atoms with E-state index in [0.29, 0.717) is 5.56 Å². The zero-order valence-electron chi connectivity index (χ0n) is 10.2. The summed E-state index contributed by atoms with van der Waals surface area (Å²) in [6.45, 7) is 0. The smallest absolute Gasteiger partial charge is 0.242 e. The fourth-order valence-corrected chi connectivity index (χ4v) is 1.50. The number of benzene rings is 1. The number of nitrogens with one attached hydrogen (secondary N) is 1. The van der Waals surface area contributed by atoms with Crippen molar-refractivity contribution in [2.45, 2.75) is 18.5 Å². The second kappa shape index (κ2) is 6.50. The topological polar surface area (TPSA) is 141 Å². The number of rotatable bonds is 6. The van der Waals surface area contributed by atoms with Crippen LogP contribution in [-0.4, -0.2) is 23.8 Å². The predicted molar refractivity (Wildman–Crippen MR) is 68.3 cm³/mol. The highest BCUT2D eigenvalue weighted by Crippen LogP contribution is 2.09. The maximum absolute atomic E-state index is 11.8. The Hall–Kier alpha value is -2.41. The van der Waals surface area contributed by atoms with Crippen molar-refractivity contribution in [2.24, 2.45) is 17.2 Å². The third kappa shape index (κ3) is 4.40. The largest absolute Gasteiger partial charge is 0.370 e. The maximum atomic E-state index is 11.8. The Kier molecular flexibility index (Phi) is 5.01. The van der Waals surface area contributed by atoms with Crippen molar-refractivity contribution < 1.29 is 14.4 Å². The molecule has 7 nitrogen and oxygen atoms in total. The number of nitrogens with two attached hydrogens (primary N) is 3. The molecule has 0 aliphatic heterocycles. The van der Waals surface area contributed by atoms with Gasteiger partial charge in [-0.3, -0.25) is 14.4 Å². The predicted octanol–water partition coefficient (Wildman–Crippen LogP) is -1.47. The third-order valence-electron chi connectivity index (χ3n) is 2.51. The highest BCUT2D eigenvalue weighted by atomic mass is 16.2. The molecule has 0 spiro atoms. The molecule has 1 aromatic rings. The molecule has 19 heavy (non-hydrogen) atoms. The van der Waals surface area contributed by atoms with Crippen LogP contribution in [0.4, 0.5) is 0 Å². The van der Waals surface area contributed by atoms with Gasteiger partial charge in [-0.25, -0.2) is 0 Å². The summed E-state index contributed by atoms with van der Waals surface area (Å²) in [6, 6.07) is 6.51. The monoisotopic (exact) mass is 264 g/mol. The average molecular weight is 264 g/mol. The lowest BCUT2D eigenvalue weighted by Gasteiger charge is -2.17. The highest BCUT2D eigenvalue weighted by Gasteiger charge is 2.24. The average Bonchev–Trinajstić information content (AvgIpc) is 2.37. The second-order valence-corrected chi connectivity index (χ2v) is 4.02. The molecule has 0 aliphatic carbocycles. The van der Waals surface area contributed by atoms with E-state index < -0.39 is 29.8 Å². The zero-order chi connectivity index (χ0) is 14.4. The number of carbonyl (C=O) groups excluding carboxylic acids is 3. The minimum absolute atomic E-state index is 0.359. The number of hydrogen-bond acceptors (Lipinski definition) is 4. The summed E-state index contributed by atoms with van der Waals surface area (Å²) >= 11 is 0. The summed E-state index contributed by atoms with van der Waals surface area (Å²) in [5, 5.41) is 2.31. The normalized spacial score (nSPS) is 13.3. The van der Waals surface area contributed by atoms with Gasteiger partial charge in [0.2, 0.25) is 17.7 Å². The van der Waals surface area contributed by atoms with Gasteiger partial charge in [0, 0.05) is 0 Å². The molecular formula is C12H16N4O3. The molecule has 2 atom stereocenters. The SMILES string of the molecule is NC(=O)CC(NC(=O)C(N)c1ccccc1)C(N)=O. The van der Waals surface area contributed by atoms with Crippen LogP contribution in [0, 0.1) is 0 Å². The van der Waals surface area contributed by atoms with Crippen LogP contribution >= 0.6 is 0 Å². The molecule has 0 saturated heterocycles. The number of primary amides is 2. The van der Waals surface area contributed by atoms with Gasteiger partial charge in [0.05, 0.1) is 6.42 Å². The van der Waals surface area contributed by atoms with Crippen molar-refractivity contribution in [3.63, 3.8) is 0 Å². The van der Waals surface area contributed by atoms with Crippen molar-refractivity contribution in [2.75, 3.05) is 0 Å². The van der Waals surface area contributed by atoms with Crippen molar-refractivity contribution >= 4 is 17.7 Å². The van der Waals surface area contributed by atoms with Gasteiger partial charge in [-0.2, -0.15) is 0 Å². The first-order valence-electron chi connectivity index (χ1n) is 5.60. The van der Waals surface area contributed by atoms with Gasteiger partial charge in [0.1, 0.15) is 12.1 Å². The van der Waals surface area contributed by atoms with E-state index in [0.717, 1.165) is 0 Å². The molecule has 1 rings (SSSR count). The molecule has 7 heteroatoms. The maximum Gasteiger partial charge on any atom is 0.242 e. The van der Waals surface area contributed by atoms with E-state index in [1.165, 1.54) is 0 Å². The van der Waals surface area contributed by atoms with Crippen molar-refractivity contribution in [1.29, 1.82) is 0 Å². The summed E-state index contributed by atoms with van der Waals surface area (Å²) in [7, 11) is 0. The van der Waals surface area contributed by atoms with Crippen LogP contribution < -0.4 is 22.5 Å². The molecule has 102 valence electrons. The number of carbonyl (C=O) groups is 3. The Bertz CT molecular complexity index is 475. The Labute approximate surface area is 110 Å². The lowest BCUT2D eigenvalue weighted by Crippen LogP contribution is -2.49. The molecule has 0 fully saturated rings. The number of amides is 3. The molecule has 2 unspecified atom stereocenters. The second-order valence-electron chi connectivity index (χ2n) is 4.02. The fourth-order valence-electron chi connectivity index (χ4n) is 1.50. The first-order chi connectivity index (χ1) is 8.91. The van der Waals surface area contributed by atoms with E-state index in [2.05, 4.69) is 5.32 Å². The molecule has 0 radical (unpaired) electrons. The first kappa shape index (κ1) is 14.7. The standard InChI is InChI=1S/C12H16N4O3/c13-9(17)6-8(11(15)18)16-12(19)10(14)7-4-2-1-3-5-7/h1-5,8,10H,6,14H2,(H2,13,17)(H2,15,18)(H,16,19). The highest BCUT2D eigenvalue weighted by molar-refractivity contribution is 5.92. The van der Waals surface area contributed by atoms with Gasteiger partial charge in [0.25, 0.3) is 0 Å². The molecule has 7 N–H and O–H groups in total. The molecule has 0 saturated carbocycles. The lowest BCUT2D eigenvalue weighted by molar-refractivity contribution is -0.130. The van der Waals surface area contributed by atoms with Gasteiger partial charge >= 0.3 is 0 Å². The molecule has 0 aliphatic rings. The van der Waals surface area contributed by atoms with E-state index >= 15 is 0 Å². The van der Waals surface area contributed by atoms with Gasteiger partial charge in [-0.1, -0.05) is 30.3 Å². The quantitative estimate of drug-likeness (QED) is 0.497. The van der Waals surface area contributed by atoms with Crippen molar-refractivity contribution in [1.82, 2.24) is 5.32 Å². The Morgan fingerprint density at radius 3 is 2.16 bits per heavy atom. The van der Waals surface area contributed by atoms with Crippen LogP contribution in [0.2, 0.25) is 0 Å². The summed E-state index contributed by atoms with van der Waals surface area (Å²) in [5.41, 5.74) is 16.4. The van der Waals surface area contributed by atoms with E-state index in [1.807, 2.05) is 0 Å². The molecule has 3 amide bonds. The van der Waals surface area contributed by atoms with E-state index in [-0.39, 0.29) is 6.42 Å². The Morgan fingerprint density at radius 2 is 1.68 bits per heavy atom. The van der Waals surface area contributed by atoms with Crippen LogP contribution in [-0.2, 0) is 14.4 Å². The van der Waals surface area contributed by atoms with Gasteiger partial charge in [-0.05, 0) is 5.56 Å². The van der Waals surface area contributed by atoms with Crippen LogP contribution in [0.1, 0.15) is 18.0 Å². The summed E-state index contributed by atoms with van der Waals surface area (Å²) < 4.78 is 0. The van der Waals surface area contributed by atoms with Gasteiger partial charge < -0.3 is 22.5 Å². The summed E-state index contributed by atoms with van der Waals surface area (Å²) in [4.78, 5) is 33.7. The first-order valence-corrected chi connectivity index (χ1v) is 5.60. The van der Waals surface area contributed by atoms with Crippen LogP contribution in [0.15, 0.2) is 30.3 Å². The zero-order valence-corrected chi connectivity index (χ0v) is 10.2. The molecule has 1 aromatic carbocycles. The van der Waals surface area contributed by atoms with E-state index in [4.69, 9.17) is 17.2 Å². The summed E-state index contributed by atoms with van der Waals surface area (Å²) in [6.07, 6.45) is -0.359. The summed E-state index contributed by atoms with van der Waals surface area (Å²) in [5.74, 6) is -2.18. The van der Waals surface area contributed by atoms with Crippen LogP contribution in [0.25, 0.3) is 0 Å². The Balaban J connectivity index is 2.72. The minimum atomic E-state index is -1.15. The lowest BCUT2D eigenvalue weighted by atomic mass is 10.1. The van der Waals surface area contributed by atoms with E-state index in [1.54, 1.807) is 30.3 Å². The molecule has 0 aromatic heterocycles. The van der Waals surface area contributed by atoms with Crippen molar-refractivity contribution in [3.8, 4) is 0 Å². The number of hydrogen-bond donors (Lipinski definition) is 4.